The van der Waals surface area contributed by atoms with Gasteiger partial charge >= 0.3 is 0 Å². The zero-order valence-electron chi connectivity index (χ0n) is 12.2. The lowest BCUT2D eigenvalue weighted by atomic mass is 9.93. The first-order chi connectivity index (χ1) is 10.3. The van der Waals surface area contributed by atoms with Crippen molar-refractivity contribution in [3.63, 3.8) is 0 Å². The minimum atomic E-state index is -0.0446. The fourth-order valence-corrected chi connectivity index (χ4v) is 4.68. The first kappa shape index (κ1) is 14.0. The number of hydrogen-bond donors (Lipinski definition) is 1. The topological polar surface area (TPSA) is 75.2 Å². The zero-order valence-corrected chi connectivity index (χ0v) is 13.0. The Morgan fingerprint density at radius 2 is 2.19 bits per heavy atom. The number of rotatable bonds is 4. The standard InChI is InChI=1S/C14H22N4O2S/c15-8-12-16-17-13(18(12)10-1-2-10)21-11-3-5-20-14(7-11)4-6-19-9-14/h10-11H,1-9,15H2. The van der Waals surface area contributed by atoms with Gasteiger partial charge in [-0.3, -0.25) is 0 Å². The molecule has 0 bridgehead atoms. The van der Waals surface area contributed by atoms with Crippen molar-refractivity contribution in [2.75, 3.05) is 19.8 Å². The van der Waals surface area contributed by atoms with Crippen LogP contribution < -0.4 is 5.73 Å². The molecule has 1 saturated carbocycles. The third-order valence-electron chi connectivity index (χ3n) is 4.62. The summed E-state index contributed by atoms with van der Waals surface area (Å²) < 4.78 is 13.8. The molecule has 0 radical (unpaired) electrons. The summed E-state index contributed by atoms with van der Waals surface area (Å²) in [7, 11) is 0. The highest BCUT2D eigenvalue weighted by Crippen LogP contribution is 2.43. The summed E-state index contributed by atoms with van der Waals surface area (Å²) in [6, 6.07) is 0.574. The van der Waals surface area contributed by atoms with Gasteiger partial charge in [0.2, 0.25) is 0 Å². The number of aromatic nitrogens is 3. The molecule has 1 aromatic heterocycles. The van der Waals surface area contributed by atoms with E-state index in [1.165, 1.54) is 12.8 Å². The maximum atomic E-state index is 6.01. The third kappa shape index (κ3) is 2.72. The number of nitrogens with two attached hydrogens (primary N) is 1. The molecule has 2 unspecified atom stereocenters. The van der Waals surface area contributed by atoms with Crippen molar-refractivity contribution in [3.8, 4) is 0 Å². The molecule has 2 N–H and O–H groups in total. The zero-order chi connectivity index (χ0) is 14.3. The number of thioether (sulfide) groups is 1. The predicted octanol–water partition coefficient (Wildman–Crippen LogP) is 1.50. The second-order valence-corrected chi connectivity index (χ2v) is 7.54. The third-order valence-corrected chi connectivity index (χ3v) is 5.84. The normalized spacial score (nSPS) is 32.9. The van der Waals surface area contributed by atoms with E-state index >= 15 is 0 Å². The van der Waals surface area contributed by atoms with E-state index in [4.69, 9.17) is 15.2 Å². The summed E-state index contributed by atoms with van der Waals surface area (Å²) in [6.07, 6.45) is 5.59. The summed E-state index contributed by atoms with van der Waals surface area (Å²) in [5.74, 6) is 0.922. The van der Waals surface area contributed by atoms with Crippen LogP contribution in [0.4, 0.5) is 0 Å². The van der Waals surface area contributed by atoms with Crippen LogP contribution in [0.25, 0.3) is 0 Å². The van der Waals surface area contributed by atoms with Crippen molar-refractivity contribution in [1.29, 1.82) is 0 Å². The second-order valence-electron chi connectivity index (χ2n) is 6.27. The Bertz CT molecular complexity index is 511. The van der Waals surface area contributed by atoms with Crippen LogP contribution in [0.5, 0.6) is 0 Å². The second kappa shape index (κ2) is 5.53. The highest BCUT2D eigenvalue weighted by atomic mass is 32.2. The molecule has 21 heavy (non-hydrogen) atoms. The van der Waals surface area contributed by atoms with Crippen LogP contribution in [-0.4, -0.2) is 45.4 Å². The van der Waals surface area contributed by atoms with Gasteiger partial charge in [0.05, 0.1) is 18.8 Å². The minimum absolute atomic E-state index is 0.0446. The minimum Gasteiger partial charge on any atom is -0.378 e. The van der Waals surface area contributed by atoms with E-state index in [1.807, 2.05) is 11.8 Å². The number of ether oxygens (including phenoxy) is 2. The van der Waals surface area contributed by atoms with E-state index in [9.17, 15) is 0 Å². The molecular formula is C14H22N4O2S. The number of hydrogen-bond acceptors (Lipinski definition) is 6. The van der Waals surface area contributed by atoms with Gasteiger partial charge in [0.1, 0.15) is 5.82 Å². The highest BCUT2D eigenvalue weighted by molar-refractivity contribution is 7.99. The fourth-order valence-electron chi connectivity index (χ4n) is 3.32. The average Bonchev–Trinajstić information content (AvgIpc) is 3.11. The maximum Gasteiger partial charge on any atom is 0.191 e. The van der Waals surface area contributed by atoms with Gasteiger partial charge in [0.15, 0.2) is 5.16 Å². The van der Waals surface area contributed by atoms with Crippen molar-refractivity contribution in [3.05, 3.63) is 5.82 Å². The van der Waals surface area contributed by atoms with E-state index in [-0.39, 0.29) is 5.60 Å². The first-order valence-electron chi connectivity index (χ1n) is 7.82. The van der Waals surface area contributed by atoms with Crippen LogP contribution in [0.3, 0.4) is 0 Å². The molecule has 7 heteroatoms. The Morgan fingerprint density at radius 3 is 2.90 bits per heavy atom. The van der Waals surface area contributed by atoms with Crippen LogP contribution >= 0.6 is 11.8 Å². The van der Waals surface area contributed by atoms with Crippen molar-refractivity contribution in [2.45, 2.75) is 60.7 Å². The van der Waals surface area contributed by atoms with E-state index < -0.39 is 0 Å². The molecule has 2 saturated heterocycles. The van der Waals surface area contributed by atoms with Gasteiger partial charge in [-0.25, -0.2) is 0 Å². The van der Waals surface area contributed by atoms with Crippen LogP contribution in [0.2, 0.25) is 0 Å². The summed E-state index contributed by atoms with van der Waals surface area (Å²) >= 11 is 1.85. The Kier molecular flexibility index (Phi) is 3.69. The maximum absolute atomic E-state index is 6.01. The van der Waals surface area contributed by atoms with Crippen LogP contribution in [0.15, 0.2) is 5.16 Å². The Morgan fingerprint density at radius 1 is 1.29 bits per heavy atom. The molecule has 4 rings (SSSR count). The Balaban J connectivity index is 1.49. The van der Waals surface area contributed by atoms with Crippen LogP contribution in [-0.2, 0) is 16.0 Å². The molecule has 6 nitrogen and oxygen atoms in total. The molecule has 3 aliphatic rings. The van der Waals surface area contributed by atoms with Gasteiger partial charge in [0.25, 0.3) is 0 Å². The van der Waals surface area contributed by atoms with Crippen molar-refractivity contribution < 1.29 is 9.47 Å². The van der Waals surface area contributed by atoms with Gasteiger partial charge in [0, 0.05) is 30.9 Å². The lowest BCUT2D eigenvalue weighted by Gasteiger charge is -2.36. The smallest absolute Gasteiger partial charge is 0.191 e. The SMILES string of the molecule is NCc1nnc(SC2CCOC3(CCOC3)C2)n1C1CC1. The molecule has 116 valence electrons. The lowest BCUT2D eigenvalue weighted by Crippen LogP contribution is -2.41. The molecule has 1 aliphatic carbocycles. The first-order valence-corrected chi connectivity index (χ1v) is 8.70. The molecule has 1 aromatic rings. The van der Waals surface area contributed by atoms with Crippen molar-refractivity contribution in [2.24, 2.45) is 5.73 Å². The van der Waals surface area contributed by atoms with E-state index in [2.05, 4.69) is 14.8 Å². The molecular weight excluding hydrogens is 288 g/mol. The van der Waals surface area contributed by atoms with Crippen molar-refractivity contribution in [1.82, 2.24) is 14.8 Å². The van der Waals surface area contributed by atoms with E-state index in [0.717, 1.165) is 50.1 Å². The Labute approximate surface area is 128 Å². The van der Waals surface area contributed by atoms with E-state index in [1.54, 1.807) is 0 Å². The lowest BCUT2D eigenvalue weighted by molar-refractivity contribution is -0.0770. The van der Waals surface area contributed by atoms with E-state index in [0.29, 0.717) is 17.8 Å². The predicted molar refractivity (Wildman–Crippen MR) is 79.2 cm³/mol. The largest absolute Gasteiger partial charge is 0.378 e. The molecule has 3 heterocycles. The molecule has 0 amide bonds. The average molecular weight is 310 g/mol. The van der Waals surface area contributed by atoms with Gasteiger partial charge < -0.3 is 19.8 Å². The summed E-state index contributed by atoms with van der Waals surface area (Å²) in [4.78, 5) is 0. The number of nitrogens with zero attached hydrogens (tertiary/aromatic N) is 3. The van der Waals surface area contributed by atoms with Gasteiger partial charge in [-0.1, -0.05) is 11.8 Å². The fraction of sp³-hybridized carbons (Fsp3) is 0.857. The molecule has 2 atom stereocenters. The monoisotopic (exact) mass is 310 g/mol. The van der Waals surface area contributed by atoms with Gasteiger partial charge in [-0.15, -0.1) is 10.2 Å². The summed E-state index contributed by atoms with van der Waals surface area (Å²) in [5, 5.41) is 10.2. The van der Waals surface area contributed by atoms with Gasteiger partial charge in [-0.05, 0) is 25.7 Å². The molecule has 1 spiro atoms. The Hall–Kier alpha value is -0.630. The molecule has 0 aromatic carbocycles. The highest BCUT2D eigenvalue weighted by Gasteiger charge is 2.42. The molecule has 2 aliphatic heterocycles. The van der Waals surface area contributed by atoms with Crippen molar-refractivity contribution >= 4 is 11.8 Å². The van der Waals surface area contributed by atoms with Crippen LogP contribution in [0.1, 0.15) is 44.0 Å². The van der Waals surface area contributed by atoms with Gasteiger partial charge in [-0.2, -0.15) is 0 Å². The summed E-state index contributed by atoms with van der Waals surface area (Å²) in [6.45, 7) is 2.86. The quantitative estimate of drug-likeness (QED) is 0.908. The van der Waals surface area contributed by atoms with Crippen LogP contribution in [0, 0.1) is 0 Å². The summed E-state index contributed by atoms with van der Waals surface area (Å²) in [5.41, 5.74) is 5.74. The molecule has 3 fully saturated rings.